The summed E-state index contributed by atoms with van der Waals surface area (Å²) < 4.78 is 0. The second-order valence-electron chi connectivity index (χ2n) is 3.89. The van der Waals surface area contributed by atoms with Gasteiger partial charge in [0.15, 0.2) is 0 Å². The van der Waals surface area contributed by atoms with Crippen molar-refractivity contribution in [3.8, 4) is 0 Å². The molecule has 0 heterocycles. The Bertz CT molecular complexity index is 278. The molecular formula is C12H18O6-2. The van der Waals surface area contributed by atoms with Crippen molar-refractivity contribution in [2.45, 2.75) is 38.5 Å². The number of carbonyl (C=O) groups excluding carboxylic acids is 2. The molecule has 0 unspecified atom stereocenters. The highest BCUT2D eigenvalue weighted by atomic mass is 16.4. The Morgan fingerprint density at radius 3 is 1.28 bits per heavy atom. The van der Waals surface area contributed by atoms with Crippen molar-refractivity contribution in [3.05, 3.63) is 11.1 Å². The zero-order valence-corrected chi connectivity index (χ0v) is 10.2. The van der Waals surface area contributed by atoms with Gasteiger partial charge in [-0.15, -0.1) is 0 Å². The van der Waals surface area contributed by atoms with E-state index in [0.717, 1.165) is 0 Å². The van der Waals surface area contributed by atoms with Gasteiger partial charge in [0.2, 0.25) is 0 Å². The van der Waals surface area contributed by atoms with Gasteiger partial charge in [0, 0.05) is 13.2 Å². The van der Waals surface area contributed by atoms with Gasteiger partial charge in [-0.2, -0.15) is 0 Å². The SMILES string of the molecule is O=C([O-])/C(CCCCO)=C(/CCCCO)C(=O)[O-]. The van der Waals surface area contributed by atoms with Crippen molar-refractivity contribution in [1.82, 2.24) is 0 Å². The highest BCUT2D eigenvalue weighted by molar-refractivity contribution is 5.97. The Balaban J connectivity index is 4.80. The molecule has 104 valence electrons. The summed E-state index contributed by atoms with van der Waals surface area (Å²) in [6.07, 6.45) is 1.60. The lowest BCUT2D eigenvalue weighted by molar-refractivity contribution is -0.304. The highest BCUT2D eigenvalue weighted by Gasteiger charge is 2.09. The third kappa shape index (κ3) is 6.36. The van der Waals surface area contributed by atoms with Crippen LogP contribution in [0.3, 0.4) is 0 Å². The molecule has 0 aliphatic carbocycles. The Kier molecular flexibility index (Phi) is 8.86. The summed E-state index contributed by atoms with van der Waals surface area (Å²) in [5, 5.41) is 39.0. The first-order valence-electron chi connectivity index (χ1n) is 5.91. The van der Waals surface area contributed by atoms with E-state index in [1.165, 1.54) is 0 Å². The van der Waals surface area contributed by atoms with E-state index >= 15 is 0 Å². The molecular weight excluding hydrogens is 240 g/mol. The van der Waals surface area contributed by atoms with Gasteiger partial charge in [0.05, 0.1) is 11.9 Å². The quantitative estimate of drug-likeness (QED) is 0.349. The van der Waals surface area contributed by atoms with Crippen molar-refractivity contribution in [2.75, 3.05) is 13.2 Å². The summed E-state index contributed by atoms with van der Waals surface area (Å²) in [6, 6.07) is 0. The van der Waals surface area contributed by atoms with E-state index in [2.05, 4.69) is 0 Å². The van der Waals surface area contributed by atoms with E-state index in [0.29, 0.717) is 25.7 Å². The van der Waals surface area contributed by atoms with E-state index < -0.39 is 11.9 Å². The molecule has 0 aromatic heterocycles. The van der Waals surface area contributed by atoms with Gasteiger partial charge >= 0.3 is 0 Å². The molecule has 0 aromatic carbocycles. The molecule has 0 aliphatic heterocycles. The standard InChI is InChI=1S/C12H20O6/c13-7-3-1-5-9(11(15)16)10(12(17)18)6-2-4-8-14/h13-14H,1-8H2,(H,15,16)(H,17,18)/p-2/b10-9-. The van der Waals surface area contributed by atoms with Gasteiger partial charge < -0.3 is 30.0 Å². The predicted octanol–water partition coefficient (Wildman–Crippen LogP) is -1.89. The Hall–Kier alpha value is -1.40. The summed E-state index contributed by atoms with van der Waals surface area (Å²) in [5.74, 6) is -3.03. The third-order valence-electron chi connectivity index (χ3n) is 2.53. The maximum Gasteiger partial charge on any atom is 0.0678 e. The van der Waals surface area contributed by atoms with Gasteiger partial charge in [-0.1, -0.05) is 0 Å². The van der Waals surface area contributed by atoms with Crippen molar-refractivity contribution in [3.63, 3.8) is 0 Å². The van der Waals surface area contributed by atoms with Crippen molar-refractivity contribution >= 4 is 11.9 Å². The van der Waals surface area contributed by atoms with Crippen LogP contribution < -0.4 is 10.2 Å². The van der Waals surface area contributed by atoms with Crippen LogP contribution in [0.15, 0.2) is 11.1 Å². The van der Waals surface area contributed by atoms with Crippen molar-refractivity contribution < 1.29 is 30.0 Å². The van der Waals surface area contributed by atoms with Crippen molar-refractivity contribution in [2.24, 2.45) is 0 Å². The lowest BCUT2D eigenvalue weighted by Crippen LogP contribution is -2.32. The molecule has 0 bridgehead atoms. The third-order valence-corrected chi connectivity index (χ3v) is 2.53. The molecule has 0 rings (SSSR count). The number of hydrogen-bond acceptors (Lipinski definition) is 6. The van der Waals surface area contributed by atoms with Crippen LogP contribution >= 0.6 is 0 Å². The second kappa shape index (κ2) is 9.61. The zero-order valence-electron chi connectivity index (χ0n) is 10.2. The molecule has 0 saturated carbocycles. The minimum Gasteiger partial charge on any atom is -0.545 e. The fraction of sp³-hybridized carbons (Fsp3) is 0.667. The monoisotopic (exact) mass is 258 g/mol. The van der Waals surface area contributed by atoms with Crippen LogP contribution in [0.25, 0.3) is 0 Å². The average molecular weight is 258 g/mol. The molecule has 0 spiro atoms. The molecule has 0 radical (unpaired) electrons. The molecule has 6 nitrogen and oxygen atoms in total. The molecule has 0 saturated heterocycles. The first-order valence-corrected chi connectivity index (χ1v) is 5.91. The molecule has 0 aromatic rings. The minimum absolute atomic E-state index is 0.0331. The van der Waals surface area contributed by atoms with Crippen LogP contribution in [0.5, 0.6) is 0 Å². The molecule has 6 heteroatoms. The maximum absolute atomic E-state index is 10.9. The van der Waals surface area contributed by atoms with Crippen LogP contribution in [-0.2, 0) is 9.59 Å². The topological polar surface area (TPSA) is 121 Å². The summed E-state index contributed by atoms with van der Waals surface area (Å²) in [7, 11) is 0. The van der Waals surface area contributed by atoms with E-state index in [9.17, 15) is 19.8 Å². The number of rotatable bonds is 10. The molecule has 0 aliphatic rings. The normalized spacial score (nSPS) is 12.1. The number of aliphatic carboxylic acids is 2. The molecule has 0 amide bonds. The minimum atomic E-state index is -1.52. The average Bonchev–Trinajstić information content (AvgIpc) is 2.31. The Labute approximate surface area is 106 Å². The van der Waals surface area contributed by atoms with Gasteiger partial charge in [0.1, 0.15) is 0 Å². The summed E-state index contributed by atoms with van der Waals surface area (Å²) in [6.45, 7) is -0.156. The van der Waals surface area contributed by atoms with E-state index in [-0.39, 0.29) is 37.2 Å². The zero-order chi connectivity index (χ0) is 14.0. The largest absolute Gasteiger partial charge is 0.545 e. The van der Waals surface area contributed by atoms with Gasteiger partial charge in [-0.25, -0.2) is 0 Å². The van der Waals surface area contributed by atoms with Crippen LogP contribution in [0.1, 0.15) is 38.5 Å². The second-order valence-corrected chi connectivity index (χ2v) is 3.89. The van der Waals surface area contributed by atoms with E-state index in [1.54, 1.807) is 0 Å². The molecule has 18 heavy (non-hydrogen) atoms. The van der Waals surface area contributed by atoms with Gasteiger partial charge in [-0.3, -0.25) is 0 Å². The van der Waals surface area contributed by atoms with Crippen LogP contribution in [0.4, 0.5) is 0 Å². The Morgan fingerprint density at radius 1 is 0.722 bits per heavy atom. The summed E-state index contributed by atoms with van der Waals surface area (Å²) in [4.78, 5) is 21.8. The predicted molar refractivity (Wildman–Crippen MR) is 58.9 cm³/mol. The van der Waals surface area contributed by atoms with Crippen molar-refractivity contribution in [1.29, 1.82) is 0 Å². The fourth-order valence-electron chi connectivity index (χ4n) is 1.58. The first kappa shape index (κ1) is 16.6. The first-order chi connectivity index (χ1) is 8.54. The van der Waals surface area contributed by atoms with E-state index in [4.69, 9.17) is 10.2 Å². The maximum atomic E-state index is 10.9. The number of carboxylic acid groups (broad SMARTS) is 2. The van der Waals surface area contributed by atoms with Gasteiger partial charge in [-0.05, 0) is 49.7 Å². The van der Waals surface area contributed by atoms with Crippen LogP contribution in [0, 0.1) is 0 Å². The molecule has 0 fully saturated rings. The lowest BCUT2D eigenvalue weighted by atomic mass is 9.98. The Morgan fingerprint density at radius 2 is 1.06 bits per heavy atom. The number of aliphatic hydroxyl groups excluding tert-OH is 2. The number of unbranched alkanes of at least 4 members (excludes halogenated alkanes) is 2. The number of carboxylic acids is 2. The number of hydrogen-bond donors (Lipinski definition) is 2. The number of aliphatic hydroxyl groups is 2. The van der Waals surface area contributed by atoms with Gasteiger partial charge in [0.25, 0.3) is 0 Å². The highest BCUT2D eigenvalue weighted by Crippen LogP contribution is 2.17. The van der Waals surface area contributed by atoms with Crippen LogP contribution in [-0.4, -0.2) is 35.4 Å². The number of carbonyl (C=O) groups is 2. The van der Waals surface area contributed by atoms with Crippen LogP contribution in [0.2, 0.25) is 0 Å². The smallest absolute Gasteiger partial charge is 0.0678 e. The molecule has 2 N–H and O–H groups in total. The van der Waals surface area contributed by atoms with E-state index in [1.807, 2.05) is 0 Å². The summed E-state index contributed by atoms with van der Waals surface area (Å²) >= 11 is 0. The summed E-state index contributed by atoms with van der Waals surface area (Å²) in [5.41, 5.74) is -0.553. The fourth-order valence-corrected chi connectivity index (χ4v) is 1.58. The lowest BCUT2D eigenvalue weighted by Gasteiger charge is -2.17. The molecule has 0 atom stereocenters.